The lowest BCUT2D eigenvalue weighted by Crippen LogP contribution is -2.29. The van der Waals surface area contributed by atoms with Gasteiger partial charge < -0.3 is 19.2 Å². The molecule has 2 aromatic carbocycles. The van der Waals surface area contributed by atoms with E-state index >= 15 is 0 Å². The van der Waals surface area contributed by atoms with Gasteiger partial charge in [-0.3, -0.25) is 9.59 Å². The summed E-state index contributed by atoms with van der Waals surface area (Å²) in [6, 6.07) is 16.1. The number of ketones is 1. The number of aliphatic hydroxyl groups is 1. The molecule has 1 fully saturated rings. The predicted molar refractivity (Wildman–Crippen MR) is 111 cm³/mol. The number of rotatable bonds is 5. The van der Waals surface area contributed by atoms with E-state index < -0.39 is 17.7 Å². The number of methoxy groups -OCH3 is 1. The number of halogens is 1. The number of Topliss-reactive ketones (excluding diaryl/α,β-unsaturated/α-hetero) is 1. The Balaban J connectivity index is 1.87. The predicted octanol–water partition coefficient (Wildman–Crippen LogP) is 4.56. The molecule has 0 aliphatic carbocycles. The summed E-state index contributed by atoms with van der Waals surface area (Å²) in [6.45, 7) is 0.0624. The molecule has 152 valence electrons. The second kappa shape index (κ2) is 8.08. The van der Waals surface area contributed by atoms with Gasteiger partial charge in [0.2, 0.25) is 0 Å². The smallest absolute Gasteiger partial charge is 0.296 e. The van der Waals surface area contributed by atoms with E-state index in [4.69, 9.17) is 20.8 Å². The lowest BCUT2D eigenvalue weighted by atomic mass is 9.95. The first-order valence-electron chi connectivity index (χ1n) is 9.21. The van der Waals surface area contributed by atoms with E-state index in [1.54, 1.807) is 60.7 Å². The van der Waals surface area contributed by atoms with Crippen LogP contribution in [0.1, 0.15) is 22.9 Å². The second-order valence-electron chi connectivity index (χ2n) is 6.76. The Morgan fingerprint density at radius 3 is 2.47 bits per heavy atom. The van der Waals surface area contributed by atoms with Crippen LogP contribution >= 0.6 is 11.6 Å². The molecule has 0 bridgehead atoms. The minimum absolute atomic E-state index is 0.0233. The molecule has 1 atom stereocenters. The molecular formula is C23H18ClNO5. The van der Waals surface area contributed by atoms with Crippen LogP contribution in [0.15, 0.2) is 76.9 Å². The minimum Gasteiger partial charge on any atom is -0.507 e. The van der Waals surface area contributed by atoms with E-state index in [9.17, 15) is 14.7 Å². The Morgan fingerprint density at radius 2 is 1.83 bits per heavy atom. The van der Waals surface area contributed by atoms with E-state index in [1.807, 2.05) is 0 Å². The monoisotopic (exact) mass is 423 g/mol. The summed E-state index contributed by atoms with van der Waals surface area (Å²) in [7, 11) is 1.53. The van der Waals surface area contributed by atoms with Crippen molar-refractivity contribution in [3.8, 4) is 5.75 Å². The average molecular weight is 424 g/mol. The number of aliphatic hydroxyl groups excluding tert-OH is 1. The zero-order chi connectivity index (χ0) is 21.3. The van der Waals surface area contributed by atoms with Crippen molar-refractivity contribution < 1.29 is 23.8 Å². The number of hydrogen-bond acceptors (Lipinski definition) is 5. The largest absolute Gasteiger partial charge is 0.507 e. The van der Waals surface area contributed by atoms with Crippen LogP contribution in [0.3, 0.4) is 0 Å². The maximum atomic E-state index is 13.0. The number of nitrogens with zero attached hydrogens (tertiary/aromatic N) is 1. The van der Waals surface area contributed by atoms with Gasteiger partial charge >= 0.3 is 0 Å². The number of furan rings is 1. The Bertz CT molecular complexity index is 1120. The van der Waals surface area contributed by atoms with Crippen molar-refractivity contribution in [2.24, 2.45) is 0 Å². The molecule has 0 saturated carbocycles. The normalized spacial score (nSPS) is 18.1. The molecule has 3 aromatic rings. The SMILES string of the molecule is COc1ccc(C(O)=C2C(=O)C(=O)N(Cc3ccco3)C2c2ccccc2Cl)cc1. The van der Waals surface area contributed by atoms with Gasteiger partial charge in [0.05, 0.1) is 31.5 Å². The van der Waals surface area contributed by atoms with Crippen molar-refractivity contribution in [3.05, 3.63) is 94.4 Å². The van der Waals surface area contributed by atoms with Gasteiger partial charge in [-0.1, -0.05) is 29.8 Å². The zero-order valence-corrected chi connectivity index (χ0v) is 16.8. The molecular weight excluding hydrogens is 406 g/mol. The molecule has 7 heteroatoms. The van der Waals surface area contributed by atoms with Gasteiger partial charge in [-0.05, 0) is 48.0 Å². The molecule has 0 radical (unpaired) electrons. The molecule has 30 heavy (non-hydrogen) atoms. The third kappa shape index (κ3) is 3.46. The molecule has 1 saturated heterocycles. The van der Waals surface area contributed by atoms with Crippen molar-refractivity contribution in [2.45, 2.75) is 12.6 Å². The Morgan fingerprint density at radius 1 is 1.10 bits per heavy atom. The first kappa shape index (κ1) is 19.8. The van der Waals surface area contributed by atoms with Crippen molar-refractivity contribution in [3.63, 3.8) is 0 Å². The molecule has 1 N–H and O–H groups in total. The standard InChI is InChI=1S/C23H18ClNO5/c1-29-15-10-8-14(9-11-15)21(26)19-20(17-6-2-3-7-18(17)24)25(23(28)22(19)27)13-16-5-4-12-30-16/h2-12,20,26H,13H2,1H3. The van der Waals surface area contributed by atoms with E-state index in [-0.39, 0.29) is 17.9 Å². The van der Waals surface area contributed by atoms with Crippen LogP contribution in [0.2, 0.25) is 5.02 Å². The molecule has 2 heterocycles. The number of carbonyl (C=O) groups excluding carboxylic acids is 2. The first-order valence-corrected chi connectivity index (χ1v) is 9.58. The van der Waals surface area contributed by atoms with Gasteiger partial charge in [-0.2, -0.15) is 0 Å². The van der Waals surface area contributed by atoms with Crippen LogP contribution in [-0.4, -0.2) is 28.8 Å². The number of likely N-dealkylation sites (tertiary alicyclic amines) is 1. The van der Waals surface area contributed by atoms with Crippen molar-refractivity contribution in [1.82, 2.24) is 4.90 Å². The van der Waals surface area contributed by atoms with Gasteiger partial charge in [0.15, 0.2) is 0 Å². The summed E-state index contributed by atoms with van der Waals surface area (Å²) in [5.74, 6) is -0.667. The molecule has 0 spiro atoms. The van der Waals surface area contributed by atoms with Gasteiger partial charge in [0, 0.05) is 10.6 Å². The fourth-order valence-corrected chi connectivity index (χ4v) is 3.78. The average Bonchev–Trinajstić information content (AvgIpc) is 3.36. The van der Waals surface area contributed by atoms with Gasteiger partial charge in [0.25, 0.3) is 11.7 Å². The van der Waals surface area contributed by atoms with Crippen LogP contribution in [0.25, 0.3) is 5.76 Å². The highest BCUT2D eigenvalue weighted by atomic mass is 35.5. The highest BCUT2D eigenvalue weighted by molar-refractivity contribution is 6.46. The van der Waals surface area contributed by atoms with Crippen LogP contribution in [0, 0.1) is 0 Å². The molecule has 1 unspecified atom stereocenters. The van der Waals surface area contributed by atoms with Gasteiger partial charge in [-0.25, -0.2) is 0 Å². The molecule has 1 amide bonds. The van der Waals surface area contributed by atoms with E-state index in [0.717, 1.165) is 0 Å². The van der Waals surface area contributed by atoms with Crippen molar-refractivity contribution in [1.29, 1.82) is 0 Å². The summed E-state index contributed by atoms with van der Waals surface area (Å²) in [5.41, 5.74) is 0.911. The number of hydrogen-bond donors (Lipinski definition) is 1. The van der Waals surface area contributed by atoms with Crippen molar-refractivity contribution >= 4 is 29.1 Å². The maximum Gasteiger partial charge on any atom is 0.296 e. The van der Waals surface area contributed by atoms with Crippen LogP contribution in [-0.2, 0) is 16.1 Å². The van der Waals surface area contributed by atoms with Gasteiger partial charge in [0.1, 0.15) is 17.3 Å². The fourth-order valence-electron chi connectivity index (χ4n) is 3.54. The van der Waals surface area contributed by atoms with E-state index in [0.29, 0.717) is 27.7 Å². The van der Waals surface area contributed by atoms with Crippen LogP contribution in [0.4, 0.5) is 0 Å². The second-order valence-corrected chi connectivity index (χ2v) is 7.16. The van der Waals surface area contributed by atoms with Gasteiger partial charge in [-0.15, -0.1) is 0 Å². The van der Waals surface area contributed by atoms with Crippen LogP contribution < -0.4 is 4.74 Å². The Hall–Kier alpha value is -3.51. The van der Waals surface area contributed by atoms with E-state index in [2.05, 4.69) is 0 Å². The molecule has 1 aromatic heterocycles. The molecule has 4 rings (SSSR count). The highest BCUT2D eigenvalue weighted by Gasteiger charge is 2.47. The summed E-state index contributed by atoms with van der Waals surface area (Å²) < 4.78 is 10.5. The molecule has 1 aliphatic heterocycles. The van der Waals surface area contributed by atoms with Crippen molar-refractivity contribution in [2.75, 3.05) is 7.11 Å². The molecule has 1 aliphatic rings. The quantitative estimate of drug-likeness (QED) is 0.369. The Kier molecular flexibility index (Phi) is 5.33. The number of carbonyl (C=O) groups is 2. The summed E-state index contributed by atoms with van der Waals surface area (Å²) in [4.78, 5) is 27.2. The first-order chi connectivity index (χ1) is 14.5. The Labute approximate surface area is 177 Å². The lowest BCUT2D eigenvalue weighted by Gasteiger charge is -2.25. The third-order valence-electron chi connectivity index (χ3n) is 5.01. The summed E-state index contributed by atoms with van der Waals surface area (Å²) >= 11 is 6.41. The fraction of sp³-hybridized carbons (Fsp3) is 0.130. The minimum atomic E-state index is -0.856. The third-order valence-corrected chi connectivity index (χ3v) is 5.35. The van der Waals surface area contributed by atoms with Crippen LogP contribution in [0.5, 0.6) is 5.75 Å². The molecule has 6 nitrogen and oxygen atoms in total. The number of amides is 1. The maximum absolute atomic E-state index is 13.0. The number of benzene rings is 2. The number of ether oxygens (including phenoxy) is 1. The topological polar surface area (TPSA) is 80.0 Å². The summed E-state index contributed by atoms with van der Waals surface area (Å²) in [5, 5.41) is 11.4. The summed E-state index contributed by atoms with van der Waals surface area (Å²) in [6.07, 6.45) is 1.49. The zero-order valence-electron chi connectivity index (χ0n) is 16.0. The van der Waals surface area contributed by atoms with E-state index in [1.165, 1.54) is 18.3 Å². The lowest BCUT2D eigenvalue weighted by molar-refractivity contribution is -0.140. The highest BCUT2D eigenvalue weighted by Crippen LogP contribution is 2.42.